The molecule has 0 unspecified atom stereocenters. The van der Waals surface area contributed by atoms with E-state index in [9.17, 15) is 21.6 Å². The molecule has 0 spiro atoms. The van der Waals surface area contributed by atoms with Gasteiger partial charge < -0.3 is 0 Å². The monoisotopic (exact) mass is 399 g/mol. The van der Waals surface area contributed by atoms with Gasteiger partial charge in [0, 0.05) is 11.6 Å². The third-order valence-electron chi connectivity index (χ3n) is 3.26. The fourth-order valence-electron chi connectivity index (χ4n) is 2.11. The smallest absolute Gasteiger partial charge is 0.276 e. The summed E-state index contributed by atoms with van der Waals surface area (Å²) in [6, 6.07) is 3.39. The van der Waals surface area contributed by atoms with Crippen LogP contribution in [0.25, 0.3) is 10.7 Å². The van der Waals surface area contributed by atoms with E-state index in [0.717, 1.165) is 6.07 Å². The lowest BCUT2D eigenvalue weighted by molar-refractivity contribution is -0.137. The highest BCUT2D eigenvalue weighted by Crippen LogP contribution is 2.34. The number of thiazole rings is 1. The number of aromatic nitrogens is 3. The van der Waals surface area contributed by atoms with E-state index < -0.39 is 32.2 Å². The number of halogens is 3. The Morgan fingerprint density at radius 3 is 2.69 bits per heavy atom. The minimum atomic E-state index is -4.76. The van der Waals surface area contributed by atoms with E-state index in [2.05, 4.69) is 19.9 Å². The molecule has 0 aliphatic carbocycles. The van der Waals surface area contributed by atoms with E-state index in [-0.39, 0.29) is 5.69 Å². The lowest BCUT2D eigenvalue weighted by Crippen LogP contribution is -2.15. The van der Waals surface area contributed by atoms with Crippen molar-refractivity contribution in [3.8, 4) is 16.8 Å². The highest BCUT2D eigenvalue weighted by molar-refractivity contribution is 7.92. The Labute approximate surface area is 149 Å². The number of hydrogen-bond acceptors (Lipinski definition) is 6. The molecular weight excluding hydrogens is 391 g/mol. The van der Waals surface area contributed by atoms with E-state index in [1.54, 1.807) is 5.38 Å². The molecule has 1 aromatic carbocycles. The lowest BCUT2D eigenvalue weighted by atomic mass is 10.1. The van der Waals surface area contributed by atoms with Crippen LogP contribution in [0.15, 0.2) is 40.9 Å². The third-order valence-corrected chi connectivity index (χ3v) is 5.41. The second-order valence-corrected chi connectivity index (χ2v) is 7.50. The molecule has 2 heterocycles. The number of H-pyrrole nitrogens is 1. The van der Waals surface area contributed by atoms with E-state index in [4.69, 9.17) is 5.26 Å². The Kier molecular flexibility index (Phi) is 4.43. The first kappa shape index (κ1) is 17.9. The van der Waals surface area contributed by atoms with Gasteiger partial charge in [0.05, 0.1) is 34.0 Å². The molecule has 0 saturated carbocycles. The maximum absolute atomic E-state index is 12.8. The molecular formula is C14H8F3N5O2S2. The maximum atomic E-state index is 12.8. The minimum absolute atomic E-state index is 0.0818. The van der Waals surface area contributed by atoms with Crippen LogP contribution in [0.3, 0.4) is 0 Å². The van der Waals surface area contributed by atoms with Crippen LogP contribution >= 0.6 is 11.3 Å². The summed E-state index contributed by atoms with van der Waals surface area (Å²) in [6.45, 7) is 0. The Balaban J connectivity index is 1.98. The number of aromatic amines is 1. The van der Waals surface area contributed by atoms with Gasteiger partial charge >= 0.3 is 6.18 Å². The molecule has 0 radical (unpaired) electrons. The van der Waals surface area contributed by atoms with Crippen molar-refractivity contribution < 1.29 is 21.6 Å². The zero-order valence-corrected chi connectivity index (χ0v) is 14.2. The van der Waals surface area contributed by atoms with Crippen molar-refractivity contribution in [2.75, 3.05) is 4.72 Å². The van der Waals surface area contributed by atoms with Crippen LogP contribution in [0.1, 0.15) is 11.1 Å². The van der Waals surface area contributed by atoms with E-state index >= 15 is 0 Å². The van der Waals surface area contributed by atoms with Crippen LogP contribution in [0.4, 0.5) is 18.9 Å². The van der Waals surface area contributed by atoms with Crippen LogP contribution in [0, 0.1) is 11.3 Å². The minimum Gasteiger partial charge on any atom is -0.276 e. The van der Waals surface area contributed by atoms with Gasteiger partial charge in [-0.3, -0.25) is 9.82 Å². The first-order valence-electron chi connectivity index (χ1n) is 6.80. The van der Waals surface area contributed by atoms with Gasteiger partial charge in [0.25, 0.3) is 10.0 Å². The SMILES string of the molecule is N#Cc1cc(S(=O)(=O)Nc2cn[nH]c2-c2nccs2)ccc1C(F)(F)F. The molecule has 7 nitrogen and oxygen atoms in total. The molecule has 0 amide bonds. The van der Waals surface area contributed by atoms with Crippen LogP contribution in [0.2, 0.25) is 0 Å². The number of nitrogens with zero attached hydrogens (tertiary/aromatic N) is 3. The topological polar surface area (TPSA) is 112 Å². The Morgan fingerprint density at radius 2 is 2.08 bits per heavy atom. The van der Waals surface area contributed by atoms with Gasteiger partial charge in [-0.05, 0) is 18.2 Å². The summed E-state index contributed by atoms with van der Waals surface area (Å²) in [5.74, 6) is 0. The first-order valence-corrected chi connectivity index (χ1v) is 9.16. The van der Waals surface area contributed by atoms with Crippen LogP contribution < -0.4 is 4.72 Å². The predicted octanol–water partition coefficient (Wildman–Crippen LogP) is 3.22. The molecule has 26 heavy (non-hydrogen) atoms. The summed E-state index contributed by atoms with van der Waals surface area (Å²) in [5, 5.41) is 17.4. The summed E-state index contributed by atoms with van der Waals surface area (Å²) in [6.07, 6.45) is -2.03. The standard InChI is InChI=1S/C14H8F3N5O2S2/c15-14(16,17)10-2-1-9(5-8(10)6-18)26(23,24)22-11-7-20-21-12(11)13-19-3-4-25-13/h1-5,7,22H,(H,20,21). The number of rotatable bonds is 4. The average Bonchev–Trinajstić information content (AvgIpc) is 3.24. The molecule has 12 heteroatoms. The number of benzene rings is 1. The van der Waals surface area contributed by atoms with E-state index in [1.807, 2.05) is 0 Å². The fraction of sp³-hybridized carbons (Fsp3) is 0.0714. The lowest BCUT2D eigenvalue weighted by Gasteiger charge is -2.11. The molecule has 0 bridgehead atoms. The number of hydrogen-bond donors (Lipinski definition) is 2. The molecule has 0 aliphatic heterocycles. The molecule has 0 atom stereocenters. The first-order chi connectivity index (χ1) is 12.2. The summed E-state index contributed by atoms with van der Waals surface area (Å²) in [7, 11) is -4.24. The summed E-state index contributed by atoms with van der Waals surface area (Å²) < 4.78 is 65.7. The molecule has 0 saturated heterocycles. The van der Waals surface area contributed by atoms with Gasteiger partial charge in [0.15, 0.2) is 0 Å². The maximum Gasteiger partial charge on any atom is 0.417 e. The average molecular weight is 399 g/mol. The van der Waals surface area contributed by atoms with Crippen molar-refractivity contribution in [1.82, 2.24) is 15.2 Å². The predicted molar refractivity (Wildman–Crippen MR) is 86.7 cm³/mol. The normalized spacial score (nSPS) is 11.9. The fourth-order valence-corrected chi connectivity index (χ4v) is 3.84. The molecule has 0 aliphatic rings. The van der Waals surface area contributed by atoms with Crippen LogP contribution in [0.5, 0.6) is 0 Å². The van der Waals surface area contributed by atoms with Crippen LogP contribution in [-0.2, 0) is 16.2 Å². The van der Waals surface area contributed by atoms with Gasteiger partial charge in [-0.1, -0.05) is 0 Å². The third kappa shape index (κ3) is 3.39. The molecule has 2 N–H and O–H groups in total. The van der Waals surface area contributed by atoms with Crippen molar-refractivity contribution in [2.45, 2.75) is 11.1 Å². The van der Waals surface area contributed by atoms with Gasteiger partial charge in [-0.25, -0.2) is 13.4 Å². The van der Waals surface area contributed by atoms with Crippen molar-refractivity contribution in [2.24, 2.45) is 0 Å². The molecule has 134 valence electrons. The highest BCUT2D eigenvalue weighted by atomic mass is 32.2. The van der Waals surface area contributed by atoms with Crippen molar-refractivity contribution in [3.05, 3.63) is 47.1 Å². The zero-order chi connectivity index (χ0) is 18.9. The van der Waals surface area contributed by atoms with Crippen LogP contribution in [-0.4, -0.2) is 23.6 Å². The molecule has 3 rings (SSSR count). The Bertz CT molecular complexity index is 1080. The van der Waals surface area contributed by atoms with Gasteiger partial charge in [0.1, 0.15) is 10.7 Å². The Morgan fingerprint density at radius 1 is 1.31 bits per heavy atom. The van der Waals surface area contributed by atoms with Gasteiger partial charge in [-0.15, -0.1) is 11.3 Å². The molecule has 3 aromatic rings. The van der Waals surface area contributed by atoms with Crippen molar-refractivity contribution >= 4 is 27.0 Å². The largest absolute Gasteiger partial charge is 0.417 e. The second-order valence-electron chi connectivity index (χ2n) is 4.92. The number of nitrogens with one attached hydrogen (secondary N) is 2. The summed E-state index contributed by atoms with van der Waals surface area (Å²) >= 11 is 1.24. The van der Waals surface area contributed by atoms with E-state index in [1.165, 1.54) is 29.8 Å². The number of alkyl halides is 3. The van der Waals surface area contributed by atoms with Gasteiger partial charge in [-0.2, -0.15) is 23.5 Å². The number of nitriles is 1. The van der Waals surface area contributed by atoms with Gasteiger partial charge in [0.2, 0.25) is 0 Å². The Hall–Kier alpha value is -2.91. The molecule has 0 fully saturated rings. The zero-order valence-electron chi connectivity index (χ0n) is 12.6. The van der Waals surface area contributed by atoms with E-state index in [0.29, 0.717) is 22.8 Å². The second kappa shape index (κ2) is 6.43. The number of sulfonamides is 1. The highest BCUT2D eigenvalue weighted by Gasteiger charge is 2.34. The van der Waals surface area contributed by atoms with Crippen molar-refractivity contribution in [3.63, 3.8) is 0 Å². The summed E-state index contributed by atoms with van der Waals surface area (Å²) in [5.41, 5.74) is -1.59. The molecule has 2 aromatic heterocycles. The van der Waals surface area contributed by atoms with Crippen molar-refractivity contribution in [1.29, 1.82) is 5.26 Å². The summed E-state index contributed by atoms with van der Waals surface area (Å²) in [4.78, 5) is 3.55. The number of anilines is 1. The quantitative estimate of drug-likeness (QED) is 0.700.